The van der Waals surface area contributed by atoms with Gasteiger partial charge in [0.05, 0.1) is 0 Å². The van der Waals surface area contributed by atoms with Crippen molar-refractivity contribution in [3.8, 4) is 0 Å². The molecule has 1 aromatic carbocycles. The predicted octanol–water partition coefficient (Wildman–Crippen LogP) is 1.97. The molecule has 2 heterocycles. The van der Waals surface area contributed by atoms with Gasteiger partial charge in [-0.1, -0.05) is 23.7 Å². The lowest BCUT2D eigenvalue weighted by Crippen LogP contribution is -2.17. The first-order chi connectivity index (χ1) is 9.15. The van der Waals surface area contributed by atoms with Crippen LogP contribution in [-0.2, 0) is 6.42 Å². The lowest BCUT2D eigenvalue weighted by molar-refractivity contribution is 0.865. The number of aromatic nitrogens is 4. The van der Waals surface area contributed by atoms with E-state index in [-0.39, 0.29) is 5.43 Å². The number of rotatable bonds is 2. The van der Waals surface area contributed by atoms with Gasteiger partial charge in [-0.3, -0.25) is 9.89 Å². The quantitative estimate of drug-likeness (QED) is 0.777. The van der Waals surface area contributed by atoms with Crippen LogP contribution in [-0.4, -0.2) is 19.8 Å². The molecule has 2 aromatic heterocycles. The first-order valence-electron chi connectivity index (χ1n) is 5.81. The first-order valence-corrected chi connectivity index (χ1v) is 6.19. The normalized spacial score (nSPS) is 11.1. The van der Waals surface area contributed by atoms with Crippen LogP contribution in [0.1, 0.15) is 16.8 Å². The zero-order chi connectivity index (χ0) is 13.4. The van der Waals surface area contributed by atoms with E-state index in [4.69, 9.17) is 11.6 Å². The Morgan fingerprint density at radius 3 is 2.79 bits per heavy atom. The molecule has 0 fully saturated rings. The summed E-state index contributed by atoms with van der Waals surface area (Å²) in [4.78, 5) is 12.3. The Kier molecular flexibility index (Phi) is 2.83. The zero-order valence-corrected chi connectivity index (χ0v) is 11.0. The largest absolute Gasteiger partial charge is 0.295 e. The number of aromatic amines is 1. The standard InChI is InChI=1S/C13H11ClN4O/c1-8-11(6-9-2-4-10(14)5-3-9)12(19)13-16-15-7-18(13)17-8/h2-5,7,17H,6H2,1H3. The molecule has 0 aliphatic rings. The molecule has 0 spiro atoms. The third-order valence-corrected chi connectivity index (χ3v) is 3.31. The van der Waals surface area contributed by atoms with E-state index in [1.807, 2.05) is 31.2 Å². The van der Waals surface area contributed by atoms with E-state index in [0.717, 1.165) is 11.3 Å². The van der Waals surface area contributed by atoms with Gasteiger partial charge < -0.3 is 0 Å². The van der Waals surface area contributed by atoms with Gasteiger partial charge in [-0.25, -0.2) is 4.52 Å². The predicted molar refractivity (Wildman–Crippen MR) is 72.6 cm³/mol. The van der Waals surface area contributed by atoms with Crippen LogP contribution in [0.15, 0.2) is 35.4 Å². The molecular formula is C13H11ClN4O. The topological polar surface area (TPSA) is 63.1 Å². The third-order valence-electron chi connectivity index (χ3n) is 3.06. The Morgan fingerprint density at radius 2 is 2.05 bits per heavy atom. The summed E-state index contributed by atoms with van der Waals surface area (Å²) in [7, 11) is 0. The van der Waals surface area contributed by atoms with Gasteiger partial charge in [0.25, 0.3) is 0 Å². The zero-order valence-electron chi connectivity index (χ0n) is 10.2. The minimum atomic E-state index is -0.0938. The lowest BCUT2D eigenvalue weighted by atomic mass is 10.0. The lowest BCUT2D eigenvalue weighted by Gasteiger charge is -2.06. The fourth-order valence-electron chi connectivity index (χ4n) is 2.04. The number of aryl methyl sites for hydroxylation is 1. The van der Waals surface area contributed by atoms with Crippen molar-refractivity contribution < 1.29 is 0 Å². The highest BCUT2D eigenvalue weighted by atomic mass is 35.5. The van der Waals surface area contributed by atoms with Crippen LogP contribution in [0.4, 0.5) is 0 Å². The van der Waals surface area contributed by atoms with Crippen molar-refractivity contribution in [2.75, 3.05) is 0 Å². The molecule has 1 N–H and O–H groups in total. The van der Waals surface area contributed by atoms with E-state index >= 15 is 0 Å². The van der Waals surface area contributed by atoms with E-state index < -0.39 is 0 Å². The van der Waals surface area contributed by atoms with Crippen molar-refractivity contribution in [2.24, 2.45) is 0 Å². The van der Waals surface area contributed by atoms with Gasteiger partial charge in [-0.2, -0.15) is 0 Å². The molecule has 0 unspecified atom stereocenters. The number of fused-ring (bicyclic) bond motifs is 1. The molecule has 0 amide bonds. The Hall–Kier alpha value is -2.14. The summed E-state index contributed by atoms with van der Waals surface area (Å²) in [6, 6.07) is 7.45. The molecule has 19 heavy (non-hydrogen) atoms. The van der Waals surface area contributed by atoms with Crippen LogP contribution >= 0.6 is 11.6 Å². The molecule has 96 valence electrons. The molecule has 0 aliphatic carbocycles. The minimum Gasteiger partial charge on any atom is -0.295 e. The van der Waals surface area contributed by atoms with Crippen LogP contribution in [0.25, 0.3) is 5.65 Å². The number of benzene rings is 1. The van der Waals surface area contributed by atoms with Crippen molar-refractivity contribution in [1.82, 2.24) is 19.8 Å². The summed E-state index contributed by atoms with van der Waals surface area (Å²) in [5, 5.41) is 11.3. The minimum absolute atomic E-state index is 0.0938. The Morgan fingerprint density at radius 1 is 1.32 bits per heavy atom. The second-order valence-corrected chi connectivity index (χ2v) is 4.81. The summed E-state index contributed by atoms with van der Waals surface area (Å²) in [5.41, 5.74) is 2.76. The number of halogens is 1. The van der Waals surface area contributed by atoms with E-state index in [1.54, 1.807) is 0 Å². The first kappa shape index (κ1) is 11.9. The van der Waals surface area contributed by atoms with E-state index in [9.17, 15) is 4.79 Å². The van der Waals surface area contributed by atoms with Gasteiger partial charge in [-0.05, 0) is 24.6 Å². The number of H-pyrrole nitrogens is 1. The molecule has 0 radical (unpaired) electrons. The highest BCUT2D eigenvalue weighted by Crippen LogP contribution is 2.13. The smallest absolute Gasteiger partial charge is 0.230 e. The van der Waals surface area contributed by atoms with E-state index in [0.29, 0.717) is 22.7 Å². The van der Waals surface area contributed by atoms with Crippen molar-refractivity contribution >= 4 is 17.2 Å². The average Bonchev–Trinajstić information content (AvgIpc) is 2.85. The van der Waals surface area contributed by atoms with E-state index in [1.165, 1.54) is 10.8 Å². The van der Waals surface area contributed by atoms with Gasteiger partial charge in [0.1, 0.15) is 6.33 Å². The summed E-state index contributed by atoms with van der Waals surface area (Å²) in [5.74, 6) is 0. The molecule has 0 aliphatic heterocycles. The van der Waals surface area contributed by atoms with Gasteiger partial charge in [-0.15, -0.1) is 10.2 Å². The summed E-state index contributed by atoms with van der Waals surface area (Å²) in [6.45, 7) is 1.87. The summed E-state index contributed by atoms with van der Waals surface area (Å²) < 4.78 is 1.53. The summed E-state index contributed by atoms with van der Waals surface area (Å²) in [6.07, 6.45) is 2.03. The van der Waals surface area contributed by atoms with Crippen LogP contribution < -0.4 is 5.43 Å². The molecule has 0 bridgehead atoms. The van der Waals surface area contributed by atoms with Crippen molar-refractivity contribution in [3.05, 3.63) is 62.7 Å². The Labute approximate surface area is 113 Å². The second kappa shape index (κ2) is 4.51. The van der Waals surface area contributed by atoms with Gasteiger partial charge in [0, 0.05) is 22.7 Å². The highest BCUT2D eigenvalue weighted by Gasteiger charge is 2.11. The number of hydrogen-bond acceptors (Lipinski definition) is 3. The maximum absolute atomic E-state index is 12.3. The van der Waals surface area contributed by atoms with Gasteiger partial charge >= 0.3 is 0 Å². The maximum Gasteiger partial charge on any atom is 0.230 e. The molecule has 6 heteroatoms. The monoisotopic (exact) mass is 274 g/mol. The highest BCUT2D eigenvalue weighted by molar-refractivity contribution is 6.30. The number of nitrogens with zero attached hydrogens (tertiary/aromatic N) is 3. The fourth-order valence-corrected chi connectivity index (χ4v) is 2.17. The molecule has 3 aromatic rings. The Balaban J connectivity index is 2.09. The van der Waals surface area contributed by atoms with Crippen LogP contribution in [0, 0.1) is 6.92 Å². The SMILES string of the molecule is Cc1[nH]n2cnnc2c(=O)c1Cc1ccc(Cl)cc1. The van der Waals surface area contributed by atoms with Crippen molar-refractivity contribution in [1.29, 1.82) is 0 Å². The second-order valence-electron chi connectivity index (χ2n) is 4.37. The molecule has 5 nitrogen and oxygen atoms in total. The number of hydrogen-bond donors (Lipinski definition) is 1. The summed E-state index contributed by atoms with van der Waals surface area (Å²) >= 11 is 5.85. The Bertz CT molecular complexity index is 789. The average molecular weight is 275 g/mol. The van der Waals surface area contributed by atoms with E-state index in [2.05, 4.69) is 15.3 Å². The number of nitrogens with one attached hydrogen (secondary N) is 1. The fraction of sp³-hybridized carbons (Fsp3) is 0.154. The van der Waals surface area contributed by atoms with Crippen molar-refractivity contribution in [3.63, 3.8) is 0 Å². The van der Waals surface area contributed by atoms with Gasteiger partial charge in [0.2, 0.25) is 11.1 Å². The van der Waals surface area contributed by atoms with Gasteiger partial charge in [0.15, 0.2) is 0 Å². The molecular weight excluding hydrogens is 264 g/mol. The molecule has 0 atom stereocenters. The molecule has 0 saturated carbocycles. The van der Waals surface area contributed by atoms with Crippen LogP contribution in [0.3, 0.4) is 0 Å². The maximum atomic E-state index is 12.3. The third kappa shape index (κ3) is 2.13. The van der Waals surface area contributed by atoms with Crippen LogP contribution in [0.5, 0.6) is 0 Å². The van der Waals surface area contributed by atoms with Crippen LogP contribution in [0.2, 0.25) is 5.02 Å². The molecule has 3 rings (SSSR count). The molecule has 0 saturated heterocycles. The van der Waals surface area contributed by atoms with Crippen molar-refractivity contribution in [2.45, 2.75) is 13.3 Å².